The van der Waals surface area contributed by atoms with Crippen molar-refractivity contribution in [2.75, 3.05) is 0 Å². The Morgan fingerprint density at radius 3 is 2.82 bits per heavy atom. The number of carbonyl (C=O) groups excluding carboxylic acids is 1. The minimum Gasteiger partial charge on any atom is -0.347 e. The fraction of sp³-hybridized carbons (Fsp3) is 0.294. The molecule has 1 heterocycles. The molecule has 0 aliphatic heterocycles. The van der Waals surface area contributed by atoms with Crippen LogP contribution in [-0.2, 0) is 11.2 Å². The lowest BCUT2D eigenvalue weighted by atomic mass is 10.0. The first-order valence-electron chi connectivity index (χ1n) is 7.16. The number of benzene rings is 1. The van der Waals surface area contributed by atoms with Gasteiger partial charge in [-0.05, 0) is 42.7 Å². The van der Waals surface area contributed by atoms with Crippen LogP contribution in [0.25, 0.3) is 0 Å². The fourth-order valence-electron chi connectivity index (χ4n) is 2.31. The number of hydrogen-bond acceptors (Lipinski definition) is 2. The molecule has 1 atom stereocenters. The SMILES string of the molecule is CC[C@@H](NC(=O)Cc1ccc(F)cc1Cl)c1ncccc1C. The highest BCUT2D eigenvalue weighted by atomic mass is 35.5. The van der Waals surface area contributed by atoms with Crippen molar-refractivity contribution in [2.45, 2.75) is 32.7 Å². The Hall–Kier alpha value is -1.94. The molecule has 22 heavy (non-hydrogen) atoms. The summed E-state index contributed by atoms with van der Waals surface area (Å²) in [4.78, 5) is 16.6. The molecule has 0 radical (unpaired) electrons. The summed E-state index contributed by atoms with van der Waals surface area (Å²) in [5, 5.41) is 3.22. The number of pyridine rings is 1. The molecule has 1 N–H and O–H groups in total. The van der Waals surface area contributed by atoms with Gasteiger partial charge in [-0.25, -0.2) is 4.39 Å². The number of aryl methyl sites for hydroxylation is 1. The smallest absolute Gasteiger partial charge is 0.225 e. The van der Waals surface area contributed by atoms with E-state index in [2.05, 4.69) is 10.3 Å². The lowest BCUT2D eigenvalue weighted by Crippen LogP contribution is -2.30. The number of halogens is 2. The lowest BCUT2D eigenvalue weighted by molar-refractivity contribution is -0.121. The molecule has 116 valence electrons. The van der Waals surface area contributed by atoms with E-state index in [4.69, 9.17) is 11.6 Å². The van der Waals surface area contributed by atoms with Gasteiger partial charge in [0.25, 0.3) is 0 Å². The zero-order chi connectivity index (χ0) is 16.1. The highest BCUT2D eigenvalue weighted by molar-refractivity contribution is 6.31. The summed E-state index contributed by atoms with van der Waals surface area (Å²) < 4.78 is 13.0. The van der Waals surface area contributed by atoms with Crippen LogP contribution in [0.3, 0.4) is 0 Å². The zero-order valence-electron chi connectivity index (χ0n) is 12.6. The van der Waals surface area contributed by atoms with Crippen LogP contribution in [0.4, 0.5) is 4.39 Å². The van der Waals surface area contributed by atoms with Crippen molar-refractivity contribution in [1.82, 2.24) is 10.3 Å². The van der Waals surface area contributed by atoms with Crippen molar-refractivity contribution < 1.29 is 9.18 Å². The molecule has 0 aliphatic carbocycles. The third kappa shape index (κ3) is 4.04. The topological polar surface area (TPSA) is 42.0 Å². The van der Waals surface area contributed by atoms with E-state index in [0.717, 1.165) is 17.7 Å². The minimum absolute atomic E-state index is 0.113. The molecule has 0 saturated heterocycles. The monoisotopic (exact) mass is 320 g/mol. The number of amides is 1. The van der Waals surface area contributed by atoms with Gasteiger partial charge in [0.2, 0.25) is 5.91 Å². The molecule has 5 heteroatoms. The van der Waals surface area contributed by atoms with Crippen LogP contribution in [0.15, 0.2) is 36.5 Å². The summed E-state index contributed by atoms with van der Waals surface area (Å²) in [5.74, 6) is -0.574. The molecule has 1 aromatic heterocycles. The quantitative estimate of drug-likeness (QED) is 0.905. The number of carbonyl (C=O) groups is 1. The molecular weight excluding hydrogens is 303 g/mol. The highest BCUT2D eigenvalue weighted by Crippen LogP contribution is 2.20. The van der Waals surface area contributed by atoms with Crippen molar-refractivity contribution in [3.05, 3.63) is 64.2 Å². The summed E-state index contributed by atoms with van der Waals surface area (Å²) >= 11 is 5.95. The molecule has 0 fully saturated rings. The predicted octanol–water partition coefficient (Wildman–Crippen LogP) is 3.99. The Morgan fingerprint density at radius 1 is 1.41 bits per heavy atom. The highest BCUT2D eigenvalue weighted by Gasteiger charge is 2.16. The van der Waals surface area contributed by atoms with Crippen molar-refractivity contribution in [1.29, 1.82) is 0 Å². The Morgan fingerprint density at radius 2 is 2.18 bits per heavy atom. The first-order valence-corrected chi connectivity index (χ1v) is 7.54. The van der Waals surface area contributed by atoms with Gasteiger partial charge in [-0.2, -0.15) is 0 Å². The Kier molecular flexibility index (Phi) is 5.50. The van der Waals surface area contributed by atoms with Gasteiger partial charge >= 0.3 is 0 Å². The van der Waals surface area contributed by atoms with Crippen LogP contribution < -0.4 is 5.32 Å². The molecule has 1 aromatic carbocycles. The van der Waals surface area contributed by atoms with Gasteiger partial charge in [0, 0.05) is 11.2 Å². The second-order valence-corrected chi connectivity index (χ2v) is 5.55. The summed E-state index contributed by atoms with van der Waals surface area (Å²) in [6, 6.07) is 7.73. The molecule has 0 saturated carbocycles. The van der Waals surface area contributed by atoms with Crippen LogP contribution in [0.5, 0.6) is 0 Å². The van der Waals surface area contributed by atoms with Crippen LogP contribution in [-0.4, -0.2) is 10.9 Å². The molecular formula is C17H18ClFN2O. The van der Waals surface area contributed by atoms with Crippen LogP contribution in [0.2, 0.25) is 5.02 Å². The Labute approximate surface area is 134 Å². The van der Waals surface area contributed by atoms with Crippen LogP contribution >= 0.6 is 11.6 Å². The summed E-state index contributed by atoms with van der Waals surface area (Å²) in [6.07, 6.45) is 2.57. The van der Waals surface area contributed by atoms with E-state index in [1.165, 1.54) is 18.2 Å². The van der Waals surface area contributed by atoms with E-state index in [9.17, 15) is 9.18 Å². The van der Waals surface area contributed by atoms with Gasteiger partial charge in [0.15, 0.2) is 0 Å². The summed E-state index contributed by atoms with van der Waals surface area (Å²) in [6.45, 7) is 3.96. The van der Waals surface area contributed by atoms with Gasteiger partial charge < -0.3 is 5.32 Å². The minimum atomic E-state index is -0.412. The molecule has 0 unspecified atom stereocenters. The number of aromatic nitrogens is 1. The van der Waals surface area contributed by atoms with E-state index >= 15 is 0 Å². The van der Waals surface area contributed by atoms with Crippen molar-refractivity contribution in [3.8, 4) is 0 Å². The first-order chi connectivity index (χ1) is 10.5. The van der Waals surface area contributed by atoms with E-state index in [1.807, 2.05) is 26.0 Å². The van der Waals surface area contributed by atoms with Crippen molar-refractivity contribution in [3.63, 3.8) is 0 Å². The number of nitrogens with one attached hydrogen (secondary N) is 1. The fourth-order valence-corrected chi connectivity index (χ4v) is 2.54. The average Bonchev–Trinajstić information content (AvgIpc) is 2.48. The van der Waals surface area contributed by atoms with E-state index in [1.54, 1.807) is 6.20 Å². The van der Waals surface area contributed by atoms with Gasteiger partial charge in [-0.1, -0.05) is 30.7 Å². The maximum absolute atomic E-state index is 13.0. The molecule has 0 spiro atoms. The van der Waals surface area contributed by atoms with Crippen LogP contribution in [0, 0.1) is 12.7 Å². The largest absolute Gasteiger partial charge is 0.347 e. The second kappa shape index (κ2) is 7.36. The maximum Gasteiger partial charge on any atom is 0.225 e. The standard InChI is InChI=1S/C17H18ClFN2O/c1-3-15(17-11(2)5-4-8-20-17)21-16(22)9-12-6-7-13(19)10-14(12)18/h4-8,10,15H,3,9H2,1-2H3,(H,21,22)/t15-/m1/s1. The first kappa shape index (κ1) is 16.4. The van der Waals surface area contributed by atoms with E-state index in [0.29, 0.717) is 5.56 Å². The molecule has 2 aromatic rings. The lowest BCUT2D eigenvalue weighted by Gasteiger charge is -2.18. The number of rotatable bonds is 5. The maximum atomic E-state index is 13.0. The van der Waals surface area contributed by atoms with Crippen molar-refractivity contribution in [2.24, 2.45) is 0 Å². The van der Waals surface area contributed by atoms with Crippen molar-refractivity contribution >= 4 is 17.5 Å². The van der Waals surface area contributed by atoms with Gasteiger partial charge in [-0.15, -0.1) is 0 Å². The number of hydrogen-bond donors (Lipinski definition) is 1. The Balaban J connectivity index is 2.08. The number of nitrogens with zero attached hydrogens (tertiary/aromatic N) is 1. The summed E-state index contributed by atoms with van der Waals surface area (Å²) in [5.41, 5.74) is 2.51. The predicted molar refractivity (Wildman–Crippen MR) is 85.3 cm³/mol. The van der Waals surface area contributed by atoms with Crippen LogP contribution in [0.1, 0.15) is 36.2 Å². The van der Waals surface area contributed by atoms with Gasteiger partial charge in [0.05, 0.1) is 18.2 Å². The normalized spacial score (nSPS) is 12.0. The van der Waals surface area contributed by atoms with Gasteiger partial charge in [-0.3, -0.25) is 9.78 Å². The molecule has 1 amide bonds. The third-order valence-corrected chi connectivity index (χ3v) is 3.84. The average molecular weight is 321 g/mol. The second-order valence-electron chi connectivity index (χ2n) is 5.15. The van der Waals surface area contributed by atoms with E-state index < -0.39 is 5.82 Å². The molecule has 3 nitrogen and oxygen atoms in total. The molecule has 0 bridgehead atoms. The van der Waals surface area contributed by atoms with E-state index in [-0.39, 0.29) is 23.4 Å². The summed E-state index contributed by atoms with van der Waals surface area (Å²) in [7, 11) is 0. The third-order valence-electron chi connectivity index (χ3n) is 3.49. The Bertz CT molecular complexity index is 675. The molecule has 2 rings (SSSR count). The van der Waals surface area contributed by atoms with Gasteiger partial charge in [0.1, 0.15) is 5.82 Å². The molecule has 0 aliphatic rings. The zero-order valence-corrected chi connectivity index (χ0v) is 13.3.